The first-order valence-corrected chi connectivity index (χ1v) is 9.22. The van der Waals surface area contributed by atoms with Crippen LogP contribution in [0.3, 0.4) is 0 Å². The number of halogens is 1. The lowest BCUT2D eigenvalue weighted by atomic mass is 10.1. The fourth-order valence-electron chi connectivity index (χ4n) is 2.88. The van der Waals surface area contributed by atoms with E-state index in [1.807, 2.05) is 31.2 Å². The number of carbonyl (C=O) groups is 1. The lowest BCUT2D eigenvalue weighted by Crippen LogP contribution is -2.27. The molecule has 0 bridgehead atoms. The molecule has 0 aliphatic carbocycles. The zero-order valence-corrected chi connectivity index (χ0v) is 15.6. The highest BCUT2D eigenvalue weighted by molar-refractivity contribution is 6.30. The van der Waals surface area contributed by atoms with Gasteiger partial charge < -0.3 is 15.4 Å². The molecule has 0 radical (unpaired) electrons. The molecule has 3 rings (SSSR count). The quantitative estimate of drug-likeness (QED) is 0.779. The van der Waals surface area contributed by atoms with Crippen LogP contribution < -0.4 is 10.6 Å². The second-order valence-electron chi connectivity index (χ2n) is 6.37. The van der Waals surface area contributed by atoms with Gasteiger partial charge in [-0.15, -0.1) is 0 Å². The maximum absolute atomic E-state index is 12.4. The van der Waals surface area contributed by atoms with Crippen molar-refractivity contribution in [2.24, 2.45) is 0 Å². The smallest absolute Gasteiger partial charge is 0.270 e. The van der Waals surface area contributed by atoms with Crippen molar-refractivity contribution in [3.63, 3.8) is 0 Å². The van der Waals surface area contributed by atoms with Crippen molar-refractivity contribution in [2.75, 3.05) is 25.0 Å². The molecule has 7 heteroatoms. The monoisotopic (exact) mass is 374 g/mol. The Kier molecular flexibility index (Phi) is 6.41. The maximum atomic E-state index is 12.4. The third-order valence-corrected chi connectivity index (χ3v) is 4.42. The van der Waals surface area contributed by atoms with Gasteiger partial charge in [0.05, 0.1) is 6.10 Å². The third kappa shape index (κ3) is 5.41. The van der Waals surface area contributed by atoms with Gasteiger partial charge in [0.25, 0.3) is 5.91 Å². The maximum Gasteiger partial charge on any atom is 0.270 e. The summed E-state index contributed by atoms with van der Waals surface area (Å²) < 4.78 is 5.58. The molecule has 2 heterocycles. The van der Waals surface area contributed by atoms with Gasteiger partial charge in [0, 0.05) is 30.4 Å². The van der Waals surface area contributed by atoms with Crippen LogP contribution in [0, 0.1) is 6.92 Å². The summed E-state index contributed by atoms with van der Waals surface area (Å²) in [4.78, 5) is 21.1. The Labute approximate surface area is 158 Å². The van der Waals surface area contributed by atoms with Gasteiger partial charge in [-0.3, -0.25) is 4.79 Å². The molecule has 1 atom stereocenters. The number of benzene rings is 1. The SMILES string of the molecule is Cc1cc(C(=O)NCCc2cccc(Cl)c2)nc(NCC2CCCO2)n1. The summed E-state index contributed by atoms with van der Waals surface area (Å²) in [5.41, 5.74) is 2.18. The van der Waals surface area contributed by atoms with E-state index >= 15 is 0 Å². The first-order valence-electron chi connectivity index (χ1n) is 8.84. The van der Waals surface area contributed by atoms with Gasteiger partial charge in [-0.05, 0) is 49.9 Å². The van der Waals surface area contributed by atoms with Crippen LogP contribution in [0.4, 0.5) is 5.95 Å². The summed E-state index contributed by atoms with van der Waals surface area (Å²) in [6.45, 7) is 3.82. The van der Waals surface area contributed by atoms with Crippen molar-refractivity contribution in [3.8, 4) is 0 Å². The van der Waals surface area contributed by atoms with E-state index in [-0.39, 0.29) is 12.0 Å². The second-order valence-corrected chi connectivity index (χ2v) is 6.81. The zero-order valence-electron chi connectivity index (χ0n) is 14.8. The van der Waals surface area contributed by atoms with Crippen LogP contribution in [0.1, 0.15) is 34.6 Å². The van der Waals surface area contributed by atoms with Crippen molar-refractivity contribution >= 4 is 23.5 Å². The van der Waals surface area contributed by atoms with Crippen LogP contribution in [0.25, 0.3) is 0 Å². The van der Waals surface area contributed by atoms with Gasteiger partial charge in [0.2, 0.25) is 5.95 Å². The number of rotatable bonds is 7. The van der Waals surface area contributed by atoms with E-state index in [9.17, 15) is 4.79 Å². The van der Waals surface area contributed by atoms with Crippen molar-refractivity contribution in [1.82, 2.24) is 15.3 Å². The van der Waals surface area contributed by atoms with E-state index in [0.717, 1.165) is 30.7 Å². The number of amides is 1. The number of aromatic nitrogens is 2. The van der Waals surface area contributed by atoms with Crippen LogP contribution in [0.15, 0.2) is 30.3 Å². The number of aryl methyl sites for hydroxylation is 1. The second kappa shape index (κ2) is 8.96. The van der Waals surface area contributed by atoms with Crippen LogP contribution in [-0.2, 0) is 11.2 Å². The van der Waals surface area contributed by atoms with Gasteiger partial charge in [0.1, 0.15) is 5.69 Å². The van der Waals surface area contributed by atoms with Gasteiger partial charge in [0.15, 0.2) is 0 Å². The molecule has 0 spiro atoms. The predicted octanol–water partition coefficient (Wildman–Crippen LogP) is 3.00. The summed E-state index contributed by atoms with van der Waals surface area (Å²) in [5.74, 6) is 0.248. The van der Waals surface area contributed by atoms with Crippen LogP contribution in [-0.4, -0.2) is 41.7 Å². The largest absolute Gasteiger partial charge is 0.376 e. The molecule has 26 heavy (non-hydrogen) atoms. The topological polar surface area (TPSA) is 76.1 Å². The number of nitrogens with zero attached hydrogens (tertiary/aromatic N) is 2. The molecule has 1 unspecified atom stereocenters. The Bertz CT molecular complexity index is 763. The molecule has 138 valence electrons. The van der Waals surface area contributed by atoms with Gasteiger partial charge in [-0.1, -0.05) is 23.7 Å². The summed E-state index contributed by atoms with van der Waals surface area (Å²) >= 11 is 5.97. The van der Waals surface area contributed by atoms with Crippen LogP contribution in [0.5, 0.6) is 0 Å². The van der Waals surface area contributed by atoms with E-state index in [2.05, 4.69) is 20.6 Å². The van der Waals surface area contributed by atoms with Crippen LogP contribution >= 0.6 is 11.6 Å². The van der Waals surface area contributed by atoms with E-state index in [1.165, 1.54) is 0 Å². The lowest BCUT2D eigenvalue weighted by Gasteiger charge is -2.12. The van der Waals surface area contributed by atoms with Crippen molar-refractivity contribution in [2.45, 2.75) is 32.3 Å². The standard InChI is InChI=1S/C19H23ClN4O2/c1-13-10-17(24-19(23-13)22-12-16-6-3-9-26-16)18(25)21-8-7-14-4-2-5-15(20)11-14/h2,4-5,10-11,16H,3,6-9,12H2,1H3,(H,21,25)(H,22,23,24). The number of ether oxygens (including phenoxy) is 1. The Morgan fingerprint density at radius 1 is 1.35 bits per heavy atom. The molecule has 1 aromatic heterocycles. The fourth-order valence-corrected chi connectivity index (χ4v) is 3.09. The molecule has 2 aromatic rings. The Morgan fingerprint density at radius 2 is 2.23 bits per heavy atom. The minimum atomic E-state index is -0.210. The summed E-state index contributed by atoms with van der Waals surface area (Å²) in [6.07, 6.45) is 3.02. The molecule has 1 fully saturated rings. The van der Waals surface area contributed by atoms with E-state index in [0.29, 0.717) is 36.2 Å². The number of hydrogen-bond donors (Lipinski definition) is 2. The highest BCUT2D eigenvalue weighted by Gasteiger charge is 2.16. The fraction of sp³-hybridized carbons (Fsp3) is 0.421. The highest BCUT2D eigenvalue weighted by Crippen LogP contribution is 2.13. The Hall–Kier alpha value is -2.18. The minimum Gasteiger partial charge on any atom is -0.376 e. The summed E-state index contributed by atoms with van der Waals surface area (Å²) in [7, 11) is 0. The lowest BCUT2D eigenvalue weighted by molar-refractivity contribution is 0.0949. The minimum absolute atomic E-state index is 0.189. The van der Waals surface area contributed by atoms with Gasteiger partial charge >= 0.3 is 0 Å². The zero-order chi connectivity index (χ0) is 18.4. The van der Waals surface area contributed by atoms with Crippen molar-refractivity contribution < 1.29 is 9.53 Å². The van der Waals surface area contributed by atoms with E-state index in [1.54, 1.807) is 6.07 Å². The molecule has 1 aliphatic heterocycles. The molecular formula is C19H23ClN4O2. The number of nitrogens with one attached hydrogen (secondary N) is 2. The van der Waals surface area contributed by atoms with E-state index in [4.69, 9.17) is 16.3 Å². The summed E-state index contributed by atoms with van der Waals surface area (Å²) in [6, 6.07) is 9.30. The molecule has 1 amide bonds. The molecule has 2 N–H and O–H groups in total. The molecule has 1 aliphatic rings. The van der Waals surface area contributed by atoms with Gasteiger partial charge in [-0.25, -0.2) is 9.97 Å². The highest BCUT2D eigenvalue weighted by atomic mass is 35.5. The molecule has 6 nitrogen and oxygen atoms in total. The Morgan fingerprint density at radius 3 is 3.00 bits per heavy atom. The molecule has 0 saturated carbocycles. The van der Waals surface area contributed by atoms with Crippen molar-refractivity contribution in [3.05, 3.63) is 52.3 Å². The number of hydrogen-bond acceptors (Lipinski definition) is 5. The Balaban J connectivity index is 1.54. The number of anilines is 1. The first kappa shape index (κ1) is 18.6. The van der Waals surface area contributed by atoms with Crippen LogP contribution in [0.2, 0.25) is 5.02 Å². The molecule has 1 aromatic carbocycles. The predicted molar refractivity (Wildman–Crippen MR) is 102 cm³/mol. The third-order valence-electron chi connectivity index (χ3n) is 4.19. The number of carbonyl (C=O) groups excluding carboxylic acids is 1. The average molecular weight is 375 g/mol. The van der Waals surface area contributed by atoms with Crippen molar-refractivity contribution in [1.29, 1.82) is 0 Å². The van der Waals surface area contributed by atoms with Gasteiger partial charge in [-0.2, -0.15) is 0 Å². The average Bonchev–Trinajstić information content (AvgIpc) is 3.13. The summed E-state index contributed by atoms with van der Waals surface area (Å²) in [5, 5.41) is 6.76. The first-order chi connectivity index (χ1) is 12.6. The van der Waals surface area contributed by atoms with E-state index < -0.39 is 0 Å². The molecule has 1 saturated heterocycles. The molecular weight excluding hydrogens is 352 g/mol. The normalized spacial score (nSPS) is 16.5.